The van der Waals surface area contributed by atoms with Gasteiger partial charge in [-0.2, -0.15) is 15.0 Å². The van der Waals surface area contributed by atoms with Gasteiger partial charge in [-0.3, -0.25) is 0 Å². The first kappa shape index (κ1) is 14.1. The Balaban J connectivity index is 2.63. The molecule has 1 aromatic carbocycles. The summed E-state index contributed by atoms with van der Waals surface area (Å²) in [6, 6.07) is 2.95. The molecule has 0 aliphatic carbocycles. The topological polar surface area (TPSA) is 53.9 Å². The fourth-order valence-corrected chi connectivity index (χ4v) is 1.62. The number of hydrogen-bond acceptors (Lipinski definition) is 5. The summed E-state index contributed by atoms with van der Waals surface area (Å²) in [5.41, 5.74) is 0.247. The van der Waals surface area contributed by atoms with Gasteiger partial charge in [0.1, 0.15) is 0 Å². The van der Waals surface area contributed by atoms with Crippen molar-refractivity contribution < 1.29 is 8.78 Å². The summed E-state index contributed by atoms with van der Waals surface area (Å²) < 4.78 is 27.7. The summed E-state index contributed by atoms with van der Waals surface area (Å²) in [6.45, 7) is 1.50. The number of nitrogens with zero attached hydrogens (tertiary/aromatic N) is 4. The molecule has 5 nitrogen and oxygen atoms in total. The molecule has 0 aliphatic heterocycles. The molecule has 7 heteroatoms. The molecule has 0 fully saturated rings. The minimum absolute atomic E-state index is 0.00935. The molecule has 2 aromatic rings. The average Bonchev–Trinajstić information content (AvgIpc) is 2.44. The molecule has 0 saturated heterocycles. The van der Waals surface area contributed by atoms with Gasteiger partial charge in [0, 0.05) is 21.1 Å². The summed E-state index contributed by atoms with van der Waals surface area (Å²) >= 11 is 0. The van der Waals surface area contributed by atoms with E-state index in [1.807, 2.05) is 0 Å². The number of aryl methyl sites for hydroxylation is 1. The van der Waals surface area contributed by atoms with Crippen LogP contribution in [0.3, 0.4) is 0 Å². The fraction of sp³-hybridized carbons (Fsp3) is 0.308. The van der Waals surface area contributed by atoms with Crippen LogP contribution in [0, 0.1) is 18.6 Å². The molecule has 20 heavy (non-hydrogen) atoms. The maximum absolute atomic E-state index is 14.0. The van der Waals surface area contributed by atoms with E-state index in [1.165, 1.54) is 19.1 Å². The predicted molar refractivity (Wildman–Crippen MR) is 73.8 cm³/mol. The van der Waals surface area contributed by atoms with Crippen molar-refractivity contribution in [1.82, 2.24) is 15.0 Å². The molecular weight excluding hydrogens is 264 g/mol. The maximum Gasteiger partial charge on any atom is 0.230 e. The first-order chi connectivity index (χ1) is 9.43. The van der Waals surface area contributed by atoms with Crippen LogP contribution in [0.2, 0.25) is 0 Å². The van der Waals surface area contributed by atoms with Crippen molar-refractivity contribution in [3.63, 3.8) is 0 Å². The molecule has 0 unspecified atom stereocenters. The standard InChI is InChI=1S/C13H15F2N5/c1-7-5-6-8(10(15)9(7)14)11-17-12(16-2)19-13(18-11)20(3)4/h5-6H,1-4H3,(H,16,17,18,19). The average molecular weight is 279 g/mol. The van der Waals surface area contributed by atoms with Crippen LogP contribution in [0.4, 0.5) is 20.7 Å². The predicted octanol–water partition coefficient (Wildman–Crippen LogP) is 2.23. The number of halogens is 2. The van der Waals surface area contributed by atoms with E-state index in [0.717, 1.165) is 0 Å². The third-order valence-corrected chi connectivity index (χ3v) is 2.76. The number of nitrogens with one attached hydrogen (secondary N) is 1. The van der Waals surface area contributed by atoms with Crippen LogP contribution in [-0.4, -0.2) is 36.1 Å². The highest BCUT2D eigenvalue weighted by Crippen LogP contribution is 2.25. The van der Waals surface area contributed by atoms with E-state index < -0.39 is 11.6 Å². The van der Waals surface area contributed by atoms with Gasteiger partial charge in [0.25, 0.3) is 0 Å². The Hall–Kier alpha value is -2.31. The van der Waals surface area contributed by atoms with Gasteiger partial charge in [-0.05, 0) is 18.6 Å². The number of hydrogen-bond donors (Lipinski definition) is 1. The van der Waals surface area contributed by atoms with E-state index >= 15 is 0 Å². The molecule has 1 N–H and O–H groups in total. The van der Waals surface area contributed by atoms with Crippen molar-refractivity contribution in [2.45, 2.75) is 6.92 Å². The molecule has 0 atom stereocenters. The Kier molecular flexibility index (Phi) is 3.78. The van der Waals surface area contributed by atoms with Crippen LogP contribution in [0.25, 0.3) is 11.4 Å². The van der Waals surface area contributed by atoms with Gasteiger partial charge in [-0.15, -0.1) is 0 Å². The monoisotopic (exact) mass is 279 g/mol. The first-order valence-electron chi connectivity index (χ1n) is 6.00. The molecule has 1 heterocycles. The Bertz CT molecular complexity index is 643. The van der Waals surface area contributed by atoms with Gasteiger partial charge in [-0.25, -0.2) is 8.78 Å². The van der Waals surface area contributed by atoms with Gasteiger partial charge in [0.15, 0.2) is 17.5 Å². The van der Waals surface area contributed by atoms with Crippen molar-refractivity contribution in [1.29, 1.82) is 0 Å². The van der Waals surface area contributed by atoms with E-state index in [2.05, 4.69) is 20.3 Å². The minimum atomic E-state index is -0.956. The van der Waals surface area contributed by atoms with Crippen LogP contribution in [-0.2, 0) is 0 Å². The highest BCUT2D eigenvalue weighted by molar-refractivity contribution is 5.59. The Labute approximate surface area is 115 Å². The third kappa shape index (κ3) is 2.52. The van der Waals surface area contributed by atoms with Crippen molar-refractivity contribution in [2.75, 3.05) is 31.4 Å². The molecule has 0 saturated carbocycles. The van der Waals surface area contributed by atoms with Gasteiger partial charge < -0.3 is 10.2 Å². The van der Waals surface area contributed by atoms with Crippen molar-refractivity contribution in [3.8, 4) is 11.4 Å². The summed E-state index contributed by atoms with van der Waals surface area (Å²) in [6.07, 6.45) is 0. The zero-order chi connectivity index (χ0) is 14.9. The number of aromatic nitrogens is 3. The molecular formula is C13H15F2N5. The van der Waals surface area contributed by atoms with Crippen LogP contribution in [0.1, 0.15) is 5.56 Å². The van der Waals surface area contributed by atoms with Crippen molar-refractivity contribution >= 4 is 11.9 Å². The molecule has 0 spiro atoms. The fourth-order valence-electron chi connectivity index (χ4n) is 1.62. The molecule has 2 rings (SSSR count). The Morgan fingerprint density at radius 1 is 1.05 bits per heavy atom. The molecule has 0 amide bonds. The molecule has 0 radical (unpaired) electrons. The Morgan fingerprint density at radius 3 is 2.35 bits per heavy atom. The number of benzene rings is 1. The normalized spacial score (nSPS) is 10.5. The second-order valence-corrected chi connectivity index (χ2v) is 4.49. The summed E-state index contributed by atoms with van der Waals surface area (Å²) in [7, 11) is 5.15. The van der Waals surface area contributed by atoms with E-state index in [4.69, 9.17) is 0 Å². The quantitative estimate of drug-likeness (QED) is 0.933. The molecule has 0 bridgehead atoms. The van der Waals surface area contributed by atoms with E-state index in [1.54, 1.807) is 26.0 Å². The highest BCUT2D eigenvalue weighted by Gasteiger charge is 2.17. The van der Waals surface area contributed by atoms with Gasteiger partial charge in [0.2, 0.25) is 11.9 Å². The van der Waals surface area contributed by atoms with Gasteiger partial charge >= 0.3 is 0 Å². The van der Waals surface area contributed by atoms with E-state index in [0.29, 0.717) is 11.9 Å². The smallest absolute Gasteiger partial charge is 0.230 e. The SMILES string of the molecule is CNc1nc(-c2ccc(C)c(F)c2F)nc(N(C)C)n1. The highest BCUT2D eigenvalue weighted by atomic mass is 19.2. The lowest BCUT2D eigenvalue weighted by atomic mass is 10.1. The lowest BCUT2D eigenvalue weighted by Gasteiger charge is -2.13. The zero-order valence-electron chi connectivity index (χ0n) is 11.7. The van der Waals surface area contributed by atoms with Crippen LogP contribution >= 0.6 is 0 Å². The Morgan fingerprint density at radius 2 is 1.75 bits per heavy atom. The minimum Gasteiger partial charge on any atom is -0.357 e. The van der Waals surface area contributed by atoms with Crippen molar-refractivity contribution in [3.05, 3.63) is 29.3 Å². The van der Waals surface area contributed by atoms with Crippen LogP contribution in [0.5, 0.6) is 0 Å². The third-order valence-electron chi connectivity index (χ3n) is 2.76. The van der Waals surface area contributed by atoms with E-state index in [-0.39, 0.29) is 17.0 Å². The lowest BCUT2D eigenvalue weighted by Crippen LogP contribution is -2.15. The maximum atomic E-state index is 14.0. The largest absolute Gasteiger partial charge is 0.357 e. The van der Waals surface area contributed by atoms with Gasteiger partial charge in [0.05, 0.1) is 5.56 Å². The van der Waals surface area contributed by atoms with Gasteiger partial charge in [-0.1, -0.05) is 6.07 Å². The number of rotatable bonds is 3. The zero-order valence-corrected chi connectivity index (χ0v) is 11.7. The lowest BCUT2D eigenvalue weighted by molar-refractivity contribution is 0.505. The van der Waals surface area contributed by atoms with Crippen molar-refractivity contribution in [2.24, 2.45) is 0 Å². The molecule has 0 aliphatic rings. The summed E-state index contributed by atoms with van der Waals surface area (Å²) in [4.78, 5) is 14.0. The van der Waals surface area contributed by atoms with Crippen LogP contribution in [0.15, 0.2) is 12.1 Å². The second kappa shape index (κ2) is 5.36. The number of anilines is 2. The van der Waals surface area contributed by atoms with Crippen LogP contribution < -0.4 is 10.2 Å². The second-order valence-electron chi connectivity index (χ2n) is 4.49. The molecule has 1 aromatic heterocycles. The summed E-state index contributed by atoms with van der Waals surface area (Å²) in [5, 5.41) is 2.77. The first-order valence-corrected chi connectivity index (χ1v) is 6.00. The van der Waals surface area contributed by atoms with E-state index in [9.17, 15) is 8.78 Å². The summed E-state index contributed by atoms with van der Waals surface area (Å²) in [5.74, 6) is -1.11. The molecule has 106 valence electrons.